The van der Waals surface area contributed by atoms with Gasteiger partial charge >= 0.3 is 0 Å². The number of benzene rings is 10. The molecule has 0 amide bonds. The summed E-state index contributed by atoms with van der Waals surface area (Å²) in [5, 5.41) is 5.07. The molecule has 1 aromatic heterocycles. The van der Waals surface area contributed by atoms with E-state index in [0.29, 0.717) is 0 Å². The highest BCUT2D eigenvalue weighted by molar-refractivity contribution is 6.25. The van der Waals surface area contributed by atoms with Crippen LogP contribution in [0.5, 0.6) is 0 Å². The van der Waals surface area contributed by atoms with Gasteiger partial charge in [-0.2, -0.15) is 0 Å². The Bertz CT molecular complexity index is 3520. The smallest absolute Gasteiger partial charge is 0.0547 e. The normalized spacial score (nSPS) is 12.7. The quantitative estimate of drug-likeness (QED) is 0.156. The van der Waals surface area contributed by atoms with Crippen LogP contribution < -0.4 is 4.90 Å². The Labute approximate surface area is 368 Å². The van der Waals surface area contributed by atoms with E-state index in [1.165, 1.54) is 88.2 Å². The monoisotopic (exact) mass is 804 g/mol. The minimum absolute atomic E-state index is 0.116. The standard InChI is InChI=1S/C61H44N2/c1-61(2)54-28-12-9-25-51(54)52-37-36-48(40-55(52)61)62(56-29-13-10-24-49(56)42-17-5-3-6-18-42)46-34-31-41(32-35-46)45-22-15-23-47(39-45)63-57-30-14-11-26-53(57)60-58(63)38-33-44-21-16-27-50(59(44)60)43-19-7-4-8-20-43/h3-40H,1-2H3. The second kappa shape index (κ2) is 14.6. The third kappa shape index (κ3) is 5.94. The Balaban J connectivity index is 0.984. The van der Waals surface area contributed by atoms with Crippen LogP contribution in [0.4, 0.5) is 17.1 Å². The van der Waals surface area contributed by atoms with Crippen molar-refractivity contribution in [3.8, 4) is 50.2 Å². The number of hydrogen-bond acceptors (Lipinski definition) is 1. The van der Waals surface area contributed by atoms with Gasteiger partial charge in [0.05, 0.1) is 16.7 Å². The second-order valence-electron chi connectivity index (χ2n) is 17.3. The zero-order valence-electron chi connectivity index (χ0n) is 35.3. The molecule has 0 aliphatic heterocycles. The number of aromatic nitrogens is 1. The number of nitrogens with zero attached hydrogens (tertiary/aromatic N) is 2. The first kappa shape index (κ1) is 36.9. The first-order chi connectivity index (χ1) is 31.0. The third-order valence-corrected chi connectivity index (χ3v) is 13.4. The van der Waals surface area contributed by atoms with E-state index in [2.05, 4.69) is 254 Å². The molecule has 63 heavy (non-hydrogen) atoms. The summed E-state index contributed by atoms with van der Waals surface area (Å²) in [6.07, 6.45) is 0. The molecule has 0 saturated carbocycles. The lowest BCUT2D eigenvalue weighted by Gasteiger charge is -2.30. The molecule has 1 aliphatic rings. The summed E-state index contributed by atoms with van der Waals surface area (Å²) in [4.78, 5) is 2.44. The van der Waals surface area contributed by atoms with E-state index >= 15 is 0 Å². The Hall–Kier alpha value is -7.94. The van der Waals surface area contributed by atoms with Crippen molar-refractivity contribution in [1.29, 1.82) is 0 Å². The molecule has 12 rings (SSSR count). The fraction of sp³-hybridized carbons (Fsp3) is 0.0492. The molecule has 0 radical (unpaired) electrons. The zero-order valence-corrected chi connectivity index (χ0v) is 35.3. The summed E-state index contributed by atoms with van der Waals surface area (Å²) in [7, 11) is 0. The van der Waals surface area contributed by atoms with Gasteiger partial charge in [-0.1, -0.05) is 190 Å². The SMILES string of the molecule is CC1(C)c2ccccc2-c2ccc(N(c3ccc(-c4cccc(-n5c6ccccc6c6c7c(-c8ccccc8)cccc7ccc65)c4)cc3)c3ccccc3-c3ccccc3)cc21. The third-order valence-electron chi connectivity index (χ3n) is 13.4. The highest BCUT2D eigenvalue weighted by Gasteiger charge is 2.36. The van der Waals surface area contributed by atoms with Crippen molar-refractivity contribution in [3.05, 3.63) is 242 Å². The van der Waals surface area contributed by atoms with E-state index in [-0.39, 0.29) is 5.41 Å². The topological polar surface area (TPSA) is 8.17 Å². The molecule has 11 aromatic rings. The van der Waals surface area contributed by atoms with Crippen molar-refractivity contribution in [2.75, 3.05) is 4.90 Å². The average molecular weight is 805 g/mol. The van der Waals surface area contributed by atoms with Crippen molar-refractivity contribution < 1.29 is 0 Å². The molecule has 1 heterocycles. The summed E-state index contributed by atoms with van der Waals surface area (Å²) < 4.78 is 2.44. The van der Waals surface area contributed by atoms with Gasteiger partial charge in [-0.15, -0.1) is 0 Å². The molecule has 0 saturated heterocycles. The van der Waals surface area contributed by atoms with Gasteiger partial charge in [0.2, 0.25) is 0 Å². The minimum Gasteiger partial charge on any atom is -0.310 e. The van der Waals surface area contributed by atoms with Crippen LogP contribution in [0.2, 0.25) is 0 Å². The number of hydrogen-bond donors (Lipinski definition) is 0. The molecule has 0 N–H and O–H groups in total. The molecule has 0 atom stereocenters. The van der Waals surface area contributed by atoms with E-state index in [4.69, 9.17) is 0 Å². The maximum Gasteiger partial charge on any atom is 0.0547 e. The predicted molar refractivity (Wildman–Crippen MR) is 267 cm³/mol. The summed E-state index contributed by atoms with van der Waals surface area (Å²) >= 11 is 0. The van der Waals surface area contributed by atoms with Crippen molar-refractivity contribution in [2.45, 2.75) is 19.3 Å². The molecule has 0 fully saturated rings. The molecule has 0 spiro atoms. The largest absolute Gasteiger partial charge is 0.310 e. The van der Waals surface area contributed by atoms with Crippen molar-refractivity contribution in [2.24, 2.45) is 0 Å². The Morgan fingerprint density at radius 3 is 1.79 bits per heavy atom. The van der Waals surface area contributed by atoms with Crippen molar-refractivity contribution in [1.82, 2.24) is 4.57 Å². The number of para-hydroxylation sites is 2. The molecule has 10 aromatic carbocycles. The summed E-state index contributed by atoms with van der Waals surface area (Å²) in [5.41, 5.74) is 19.4. The summed E-state index contributed by atoms with van der Waals surface area (Å²) in [5.74, 6) is 0. The summed E-state index contributed by atoms with van der Waals surface area (Å²) in [6.45, 7) is 4.71. The van der Waals surface area contributed by atoms with Gasteiger partial charge in [-0.3, -0.25) is 0 Å². The lowest BCUT2D eigenvalue weighted by molar-refractivity contribution is 0.660. The van der Waals surface area contributed by atoms with Gasteiger partial charge in [0.15, 0.2) is 0 Å². The van der Waals surface area contributed by atoms with Crippen LogP contribution in [-0.4, -0.2) is 4.57 Å². The van der Waals surface area contributed by atoms with E-state index in [9.17, 15) is 0 Å². The Morgan fingerprint density at radius 1 is 0.365 bits per heavy atom. The first-order valence-electron chi connectivity index (χ1n) is 21.9. The highest BCUT2D eigenvalue weighted by Crippen LogP contribution is 2.51. The molecule has 2 heteroatoms. The lowest BCUT2D eigenvalue weighted by Crippen LogP contribution is -2.16. The maximum absolute atomic E-state index is 2.44. The molecular formula is C61H44N2. The summed E-state index contributed by atoms with van der Waals surface area (Å²) in [6, 6.07) is 84.5. The van der Waals surface area contributed by atoms with Gasteiger partial charge in [-0.25, -0.2) is 0 Å². The van der Waals surface area contributed by atoms with Crippen LogP contribution >= 0.6 is 0 Å². The van der Waals surface area contributed by atoms with E-state index < -0.39 is 0 Å². The van der Waals surface area contributed by atoms with Crippen LogP contribution in [0.25, 0.3) is 82.8 Å². The van der Waals surface area contributed by atoms with Crippen LogP contribution in [-0.2, 0) is 5.41 Å². The zero-order chi connectivity index (χ0) is 42.1. The Kier molecular flexibility index (Phi) is 8.55. The van der Waals surface area contributed by atoms with Gasteiger partial charge in [0, 0.05) is 38.8 Å². The van der Waals surface area contributed by atoms with Gasteiger partial charge in [0.1, 0.15) is 0 Å². The van der Waals surface area contributed by atoms with Gasteiger partial charge in [0.25, 0.3) is 0 Å². The highest BCUT2D eigenvalue weighted by atomic mass is 15.1. The average Bonchev–Trinajstić information content (AvgIpc) is 3.81. The maximum atomic E-state index is 2.44. The molecular weight excluding hydrogens is 761 g/mol. The van der Waals surface area contributed by atoms with Crippen LogP contribution in [0.3, 0.4) is 0 Å². The van der Waals surface area contributed by atoms with Gasteiger partial charge < -0.3 is 9.47 Å². The second-order valence-corrected chi connectivity index (χ2v) is 17.3. The fourth-order valence-electron chi connectivity index (χ4n) is 10.4. The van der Waals surface area contributed by atoms with Crippen LogP contribution in [0.15, 0.2) is 231 Å². The van der Waals surface area contributed by atoms with Crippen LogP contribution in [0.1, 0.15) is 25.0 Å². The number of rotatable bonds is 7. The number of anilines is 3. The van der Waals surface area contributed by atoms with Gasteiger partial charge in [-0.05, 0) is 115 Å². The van der Waals surface area contributed by atoms with E-state index in [1.807, 2.05) is 0 Å². The molecule has 0 unspecified atom stereocenters. The molecule has 298 valence electrons. The lowest BCUT2D eigenvalue weighted by atomic mass is 9.82. The molecule has 1 aliphatic carbocycles. The van der Waals surface area contributed by atoms with Crippen LogP contribution in [0, 0.1) is 0 Å². The Morgan fingerprint density at radius 2 is 0.984 bits per heavy atom. The molecule has 0 bridgehead atoms. The minimum atomic E-state index is -0.116. The molecule has 2 nitrogen and oxygen atoms in total. The fourth-order valence-corrected chi connectivity index (χ4v) is 10.4. The van der Waals surface area contributed by atoms with Crippen molar-refractivity contribution in [3.63, 3.8) is 0 Å². The van der Waals surface area contributed by atoms with E-state index in [0.717, 1.165) is 22.7 Å². The number of fused-ring (bicyclic) bond motifs is 8. The van der Waals surface area contributed by atoms with E-state index in [1.54, 1.807) is 0 Å². The van der Waals surface area contributed by atoms with Crippen molar-refractivity contribution >= 4 is 49.6 Å². The first-order valence-corrected chi connectivity index (χ1v) is 21.9. The predicted octanol–water partition coefficient (Wildman–Crippen LogP) is 16.7.